The predicted molar refractivity (Wildman–Crippen MR) is 52.9 cm³/mol. The lowest BCUT2D eigenvalue weighted by atomic mass is 9.92. The van der Waals surface area contributed by atoms with E-state index in [1.54, 1.807) is 19.9 Å². The molecular weight excluding hydrogens is 184 g/mol. The molecule has 0 saturated carbocycles. The summed E-state index contributed by atoms with van der Waals surface area (Å²) in [4.78, 5) is 0. The fraction of sp³-hybridized carbons (Fsp3) is 0.455. The van der Waals surface area contributed by atoms with E-state index in [1.807, 2.05) is 6.92 Å². The Kier molecular flexibility index (Phi) is 2.90. The van der Waals surface area contributed by atoms with Gasteiger partial charge in [-0.2, -0.15) is 0 Å². The van der Waals surface area contributed by atoms with E-state index in [1.165, 1.54) is 6.07 Å². The monoisotopic (exact) mass is 199 g/mol. The van der Waals surface area contributed by atoms with Crippen LogP contribution in [0.25, 0.3) is 0 Å². The van der Waals surface area contributed by atoms with Gasteiger partial charge >= 0.3 is 0 Å². The van der Waals surface area contributed by atoms with Gasteiger partial charge in [0.25, 0.3) is 0 Å². The fourth-order valence-electron chi connectivity index (χ4n) is 1.32. The third-order valence-corrected chi connectivity index (χ3v) is 2.19. The molecule has 0 spiro atoms. The Morgan fingerprint density at radius 1 is 1.29 bits per heavy atom. The Morgan fingerprint density at radius 3 is 2.29 bits per heavy atom. The maximum atomic E-state index is 13.4. The first-order valence-electron chi connectivity index (χ1n) is 4.63. The van der Waals surface area contributed by atoms with Gasteiger partial charge in [0.15, 0.2) is 11.6 Å². The van der Waals surface area contributed by atoms with Crippen LogP contribution >= 0.6 is 0 Å². The van der Waals surface area contributed by atoms with Gasteiger partial charge in [0.2, 0.25) is 0 Å². The highest BCUT2D eigenvalue weighted by molar-refractivity contribution is 5.31. The summed E-state index contributed by atoms with van der Waals surface area (Å²) < 4.78 is 26.5. The third-order valence-electron chi connectivity index (χ3n) is 2.19. The highest BCUT2D eigenvalue weighted by atomic mass is 19.2. The van der Waals surface area contributed by atoms with Gasteiger partial charge in [-0.1, -0.05) is 13.0 Å². The number of hydrogen-bond donors (Lipinski definition) is 1. The summed E-state index contributed by atoms with van der Waals surface area (Å²) >= 11 is 0. The van der Waals surface area contributed by atoms with Gasteiger partial charge in [0.1, 0.15) is 0 Å². The molecular formula is C11H15F2N. The average molecular weight is 199 g/mol. The van der Waals surface area contributed by atoms with Crippen LogP contribution in [-0.4, -0.2) is 0 Å². The lowest BCUT2D eigenvalue weighted by Gasteiger charge is -2.21. The molecule has 0 radical (unpaired) electrons. The standard InChI is InChI=1S/C11H15F2N/c1-4-7-5-8(11(2,3)14)10(13)9(12)6-7/h5-6H,4,14H2,1-3H3. The predicted octanol–water partition coefficient (Wildman–Crippen LogP) is 2.72. The van der Waals surface area contributed by atoms with Gasteiger partial charge in [-0.25, -0.2) is 8.78 Å². The van der Waals surface area contributed by atoms with E-state index < -0.39 is 17.2 Å². The second kappa shape index (κ2) is 3.65. The Hall–Kier alpha value is -0.960. The smallest absolute Gasteiger partial charge is 0.163 e. The largest absolute Gasteiger partial charge is 0.322 e. The first-order chi connectivity index (χ1) is 6.36. The Labute approximate surface area is 82.9 Å². The number of nitrogens with two attached hydrogens (primary N) is 1. The van der Waals surface area contributed by atoms with E-state index in [9.17, 15) is 8.78 Å². The molecule has 0 aliphatic rings. The minimum Gasteiger partial charge on any atom is -0.322 e. The molecule has 0 amide bonds. The molecule has 0 saturated heterocycles. The lowest BCUT2D eigenvalue weighted by Crippen LogP contribution is -2.30. The van der Waals surface area contributed by atoms with Crippen LogP contribution < -0.4 is 5.73 Å². The van der Waals surface area contributed by atoms with E-state index in [2.05, 4.69) is 0 Å². The Balaban J connectivity index is 3.35. The van der Waals surface area contributed by atoms with E-state index in [-0.39, 0.29) is 5.56 Å². The molecule has 2 N–H and O–H groups in total. The van der Waals surface area contributed by atoms with E-state index in [0.717, 1.165) is 5.56 Å². The van der Waals surface area contributed by atoms with Crippen molar-refractivity contribution in [1.82, 2.24) is 0 Å². The molecule has 0 aliphatic carbocycles. The van der Waals surface area contributed by atoms with Crippen molar-refractivity contribution < 1.29 is 8.78 Å². The molecule has 1 nitrogen and oxygen atoms in total. The van der Waals surface area contributed by atoms with Gasteiger partial charge in [0.05, 0.1) is 0 Å². The van der Waals surface area contributed by atoms with Gasteiger partial charge in [0, 0.05) is 11.1 Å². The number of aryl methyl sites for hydroxylation is 1. The second-order valence-electron chi connectivity index (χ2n) is 4.01. The molecule has 3 heteroatoms. The summed E-state index contributed by atoms with van der Waals surface area (Å²) in [6.07, 6.45) is 0.667. The van der Waals surface area contributed by atoms with Gasteiger partial charge < -0.3 is 5.73 Å². The molecule has 0 atom stereocenters. The van der Waals surface area contributed by atoms with Crippen molar-refractivity contribution in [3.8, 4) is 0 Å². The minimum absolute atomic E-state index is 0.231. The highest BCUT2D eigenvalue weighted by Crippen LogP contribution is 2.24. The number of halogens is 2. The molecule has 1 rings (SSSR count). The summed E-state index contributed by atoms with van der Waals surface area (Å²) in [6, 6.07) is 2.84. The zero-order valence-corrected chi connectivity index (χ0v) is 8.70. The summed E-state index contributed by atoms with van der Waals surface area (Å²) in [5.41, 5.74) is 5.88. The molecule has 0 aliphatic heterocycles. The number of rotatable bonds is 2. The van der Waals surface area contributed by atoms with E-state index >= 15 is 0 Å². The molecule has 0 unspecified atom stereocenters. The van der Waals surface area contributed by atoms with E-state index in [4.69, 9.17) is 5.73 Å². The van der Waals surface area contributed by atoms with Crippen LogP contribution in [0.3, 0.4) is 0 Å². The van der Waals surface area contributed by atoms with Crippen molar-refractivity contribution in [2.45, 2.75) is 32.7 Å². The van der Waals surface area contributed by atoms with Gasteiger partial charge in [-0.15, -0.1) is 0 Å². The maximum absolute atomic E-state index is 13.4. The molecule has 0 fully saturated rings. The summed E-state index contributed by atoms with van der Waals surface area (Å²) in [7, 11) is 0. The minimum atomic E-state index is -0.851. The third kappa shape index (κ3) is 2.10. The highest BCUT2D eigenvalue weighted by Gasteiger charge is 2.21. The Morgan fingerprint density at radius 2 is 1.86 bits per heavy atom. The molecule has 0 aromatic heterocycles. The maximum Gasteiger partial charge on any atom is 0.163 e. The van der Waals surface area contributed by atoms with Gasteiger partial charge in [-0.05, 0) is 31.9 Å². The number of benzene rings is 1. The normalized spacial score (nSPS) is 11.9. The molecule has 0 heterocycles. The van der Waals surface area contributed by atoms with Crippen molar-refractivity contribution in [2.24, 2.45) is 5.73 Å². The van der Waals surface area contributed by atoms with Crippen molar-refractivity contribution >= 4 is 0 Å². The number of hydrogen-bond acceptors (Lipinski definition) is 1. The zero-order valence-electron chi connectivity index (χ0n) is 8.70. The van der Waals surface area contributed by atoms with Crippen LogP contribution in [-0.2, 0) is 12.0 Å². The van der Waals surface area contributed by atoms with Crippen LogP contribution in [0.2, 0.25) is 0 Å². The lowest BCUT2D eigenvalue weighted by molar-refractivity contribution is 0.453. The Bertz CT molecular complexity index is 340. The van der Waals surface area contributed by atoms with Crippen LogP contribution in [0.1, 0.15) is 31.9 Å². The van der Waals surface area contributed by atoms with Crippen molar-refractivity contribution in [3.05, 3.63) is 34.9 Å². The summed E-state index contributed by atoms with van der Waals surface area (Å²) in [6.45, 7) is 5.20. The van der Waals surface area contributed by atoms with Crippen molar-refractivity contribution in [1.29, 1.82) is 0 Å². The van der Waals surface area contributed by atoms with Crippen molar-refractivity contribution in [3.63, 3.8) is 0 Å². The molecule has 14 heavy (non-hydrogen) atoms. The molecule has 78 valence electrons. The molecule has 1 aromatic rings. The topological polar surface area (TPSA) is 26.0 Å². The summed E-state index contributed by atoms with van der Waals surface area (Å²) in [5, 5.41) is 0. The quantitative estimate of drug-likeness (QED) is 0.778. The fourth-order valence-corrected chi connectivity index (χ4v) is 1.32. The van der Waals surface area contributed by atoms with Crippen LogP contribution in [0.15, 0.2) is 12.1 Å². The first kappa shape index (κ1) is 11.1. The van der Waals surface area contributed by atoms with Crippen LogP contribution in [0, 0.1) is 11.6 Å². The van der Waals surface area contributed by atoms with Crippen molar-refractivity contribution in [2.75, 3.05) is 0 Å². The first-order valence-corrected chi connectivity index (χ1v) is 4.63. The molecule has 1 aromatic carbocycles. The second-order valence-corrected chi connectivity index (χ2v) is 4.01. The zero-order chi connectivity index (χ0) is 10.9. The SMILES string of the molecule is CCc1cc(F)c(F)c(C(C)(C)N)c1. The van der Waals surface area contributed by atoms with Crippen LogP contribution in [0.5, 0.6) is 0 Å². The van der Waals surface area contributed by atoms with Crippen LogP contribution in [0.4, 0.5) is 8.78 Å². The van der Waals surface area contributed by atoms with Gasteiger partial charge in [-0.3, -0.25) is 0 Å². The van der Waals surface area contributed by atoms with E-state index in [0.29, 0.717) is 6.42 Å². The average Bonchev–Trinajstić information content (AvgIpc) is 2.07. The molecule has 0 bridgehead atoms. The summed E-state index contributed by atoms with van der Waals surface area (Å²) in [5.74, 6) is -1.66.